The van der Waals surface area contributed by atoms with E-state index in [-0.39, 0.29) is 22.4 Å². The lowest BCUT2D eigenvalue weighted by atomic mass is 10.0. The summed E-state index contributed by atoms with van der Waals surface area (Å²) in [5.41, 5.74) is 1.09. The van der Waals surface area contributed by atoms with Crippen LogP contribution in [0.3, 0.4) is 0 Å². The molecule has 0 saturated heterocycles. The average molecular weight is 409 g/mol. The van der Waals surface area contributed by atoms with Crippen LogP contribution in [0.15, 0.2) is 30.5 Å². The number of rotatable bonds is 5. The van der Waals surface area contributed by atoms with E-state index in [9.17, 15) is 13.6 Å². The molecule has 0 spiro atoms. The van der Waals surface area contributed by atoms with Crippen LogP contribution in [0.4, 0.5) is 14.6 Å². The summed E-state index contributed by atoms with van der Waals surface area (Å²) in [4.78, 5) is 16.3. The molecule has 2 aromatic rings. The summed E-state index contributed by atoms with van der Waals surface area (Å²) in [5, 5.41) is 3.02. The number of carbonyl (C=O) groups is 1. The van der Waals surface area contributed by atoms with Gasteiger partial charge in [-0.2, -0.15) is 0 Å². The molecule has 0 radical (unpaired) electrons. The molecule has 1 N–H and O–H groups in total. The Bertz CT molecular complexity index is 884. The summed E-state index contributed by atoms with van der Waals surface area (Å²) in [6.45, 7) is 0. The van der Waals surface area contributed by atoms with Crippen LogP contribution in [0.25, 0.3) is 11.1 Å². The second kappa shape index (κ2) is 7.54. The zero-order valence-electron chi connectivity index (χ0n) is 15.0. The normalized spacial score (nSPS) is 17.7. The predicted octanol–water partition coefficient (Wildman–Crippen LogP) is 5.63. The maximum atomic E-state index is 13.2. The van der Waals surface area contributed by atoms with Gasteiger partial charge in [-0.05, 0) is 30.5 Å². The van der Waals surface area contributed by atoms with Gasteiger partial charge in [0.25, 0.3) is 0 Å². The minimum atomic E-state index is -3.70. The molecule has 1 aromatic carbocycles. The Morgan fingerprint density at radius 2 is 1.93 bits per heavy atom. The second-order valence-corrected chi connectivity index (χ2v) is 7.52. The van der Waals surface area contributed by atoms with Crippen molar-refractivity contribution in [2.24, 2.45) is 5.92 Å². The number of aromatic nitrogens is 1. The van der Waals surface area contributed by atoms with Gasteiger partial charge < -0.3 is 14.8 Å². The molecule has 28 heavy (non-hydrogen) atoms. The smallest absolute Gasteiger partial charge is 0.395 e. The van der Waals surface area contributed by atoms with E-state index in [2.05, 4.69) is 19.8 Å². The summed E-state index contributed by atoms with van der Waals surface area (Å²) in [5.74, 6) is 0.826. The molecule has 1 saturated carbocycles. The van der Waals surface area contributed by atoms with Crippen LogP contribution >= 0.6 is 11.6 Å². The molecule has 0 unspecified atom stereocenters. The molecule has 5 nitrogen and oxygen atoms in total. The van der Waals surface area contributed by atoms with Crippen LogP contribution in [0.1, 0.15) is 38.5 Å². The van der Waals surface area contributed by atoms with Crippen LogP contribution in [-0.4, -0.2) is 17.2 Å². The summed E-state index contributed by atoms with van der Waals surface area (Å²) < 4.78 is 35.2. The fraction of sp³-hybridized carbons (Fsp3) is 0.400. The number of fused-ring (bicyclic) bond motifs is 1. The molecule has 2 aliphatic rings. The number of hydrogen-bond donors (Lipinski definition) is 1. The first-order valence-corrected chi connectivity index (χ1v) is 9.63. The standard InChI is InChI=1S/C20H19ClF2N2O3/c21-15-10-17-16(27-20(22,23)28-17)9-14(15)13-6-7-18(24-11-13)25-19(26)8-5-12-3-1-2-4-12/h6-7,9-12H,1-5,8H2,(H,24,25,26). The van der Waals surface area contributed by atoms with Gasteiger partial charge in [0.05, 0.1) is 5.02 Å². The van der Waals surface area contributed by atoms with E-state index in [1.165, 1.54) is 44.0 Å². The quantitative estimate of drug-likeness (QED) is 0.696. The molecule has 1 aromatic heterocycles. The van der Waals surface area contributed by atoms with Crippen molar-refractivity contribution in [1.29, 1.82) is 0 Å². The van der Waals surface area contributed by atoms with E-state index in [1.54, 1.807) is 12.1 Å². The minimum absolute atomic E-state index is 0.0597. The Labute approximate surface area is 166 Å². The molecular formula is C20H19ClF2N2O3. The summed E-state index contributed by atoms with van der Waals surface area (Å²) in [6, 6.07) is 6.03. The van der Waals surface area contributed by atoms with Gasteiger partial charge in [-0.15, -0.1) is 8.78 Å². The van der Waals surface area contributed by atoms with Gasteiger partial charge in [0, 0.05) is 29.8 Å². The highest BCUT2D eigenvalue weighted by atomic mass is 35.5. The molecule has 1 aliphatic heterocycles. The van der Waals surface area contributed by atoms with Crippen molar-refractivity contribution in [3.63, 3.8) is 0 Å². The molecule has 0 bridgehead atoms. The van der Waals surface area contributed by atoms with Crippen molar-refractivity contribution in [2.45, 2.75) is 44.8 Å². The molecule has 0 atom stereocenters. The number of alkyl halides is 2. The zero-order valence-corrected chi connectivity index (χ0v) is 15.8. The van der Waals surface area contributed by atoms with Crippen LogP contribution in [-0.2, 0) is 4.79 Å². The summed E-state index contributed by atoms with van der Waals surface area (Å²) >= 11 is 6.19. The van der Waals surface area contributed by atoms with E-state index in [4.69, 9.17) is 11.6 Å². The number of nitrogens with one attached hydrogen (secondary N) is 1. The number of carbonyl (C=O) groups excluding carboxylic acids is 1. The van der Waals surface area contributed by atoms with Gasteiger partial charge in [0.1, 0.15) is 5.82 Å². The number of ether oxygens (including phenoxy) is 2. The first kappa shape index (κ1) is 18.9. The van der Waals surface area contributed by atoms with Crippen molar-refractivity contribution in [1.82, 2.24) is 4.98 Å². The third-order valence-corrected chi connectivity index (χ3v) is 5.40. The first-order valence-electron chi connectivity index (χ1n) is 9.25. The Hall–Kier alpha value is -2.41. The van der Waals surface area contributed by atoms with Crippen molar-refractivity contribution < 1.29 is 23.0 Å². The highest BCUT2D eigenvalue weighted by Gasteiger charge is 2.43. The van der Waals surface area contributed by atoms with Crippen molar-refractivity contribution in [3.8, 4) is 22.6 Å². The minimum Gasteiger partial charge on any atom is -0.395 e. The monoisotopic (exact) mass is 408 g/mol. The fourth-order valence-electron chi connectivity index (χ4n) is 3.66. The Balaban J connectivity index is 1.41. The van der Waals surface area contributed by atoms with Gasteiger partial charge in [0.2, 0.25) is 5.91 Å². The molecule has 4 rings (SSSR count). The molecule has 148 valence electrons. The lowest BCUT2D eigenvalue weighted by Gasteiger charge is -2.10. The van der Waals surface area contributed by atoms with Gasteiger partial charge in [-0.25, -0.2) is 4.98 Å². The third kappa shape index (κ3) is 4.19. The molecule has 1 amide bonds. The number of benzene rings is 1. The average Bonchev–Trinajstić information content (AvgIpc) is 3.26. The Kier molecular flexibility index (Phi) is 5.10. The van der Waals surface area contributed by atoms with Crippen molar-refractivity contribution >= 4 is 23.3 Å². The topological polar surface area (TPSA) is 60.5 Å². The predicted molar refractivity (Wildman–Crippen MR) is 101 cm³/mol. The number of halogens is 3. The summed E-state index contributed by atoms with van der Waals surface area (Å²) in [6.07, 6.45) is 4.15. The van der Waals surface area contributed by atoms with E-state index in [0.717, 1.165) is 6.42 Å². The van der Waals surface area contributed by atoms with Gasteiger partial charge in [0.15, 0.2) is 11.5 Å². The van der Waals surface area contributed by atoms with E-state index in [0.29, 0.717) is 29.3 Å². The first-order chi connectivity index (χ1) is 13.4. The van der Waals surface area contributed by atoms with Gasteiger partial charge in [-0.1, -0.05) is 37.3 Å². The summed E-state index contributed by atoms with van der Waals surface area (Å²) in [7, 11) is 0. The SMILES string of the molecule is O=C(CCC1CCCC1)Nc1ccc(-c2cc3c(cc2Cl)OC(F)(F)O3)cn1. The molecule has 1 fully saturated rings. The third-order valence-electron chi connectivity index (χ3n) is 5.09. The number of pyridine rings is 1. The maximum Gasteiger partial charge on any atom is 0.586 e. The van der Waals surface area contributed by atoms with Crippen LogP contribution in [0, 0.1) is 5.92 Å². The number of amides is 1. The second-order valence-electron chi connectivity index (χ2n) is 7.12. The fourth-order valence-corrected chi connectivity index (χ4v) is 3.92. The molecular weight excluding hydrogens is 390 g/mol. The molecule has 1 aliphatic carbocycles. The number of hydrogen-bond acceptors (Lipinski definition) is 4. The highest BCUT2D eigenvalue weighted by Crippen LogP contribution is 2.46. The van der Waals surface area contributed by atoms with Gasteiger partial charge >= 0.3 is 6.29 Å². The molecule has 8 heteroatoms. The van der Waals surface area contributed by atoms with Crippen LogP contribution < -0.4 is 14.8 Å². The van der Waals surface area contributed by atoms with E-state index in [1.807, 2.05) is 0 Å². The van der Waals surface area contributed by atoms with Crippen molar-refractivity contribution in [3.05, 3.63) is 35.5 Å². The molecule has 2 heterocycles. The van der Waals surface area contributed by atoms with Crippen LogP contribution in [0.2, 0.25) is 5.02 Å². The highest BCUT2D eigenvalue weighted by molar-refractivity contribution is 6.33. The largest absolute Gasteiger partial charge is 0.586 e. The maximum absolute atomic E-state index is 13.2. The number of anilines is 1. The van der Waals surface area contributed by atoms with E-state index >= 15 is 0 Å². The van der Waals surface area contributed by atoms with E-state index < -0.39 is 6.29 Å². The van der Waals surface area contributed by atoms with Crippen LogP contribution in [0.5, 0.6) is 11.5 Å². The Morgan fingerprint density at radius 1 is 1.21 bits per heavy atom. The number of nitrogens with zero attached hydrogens (tertiary/aromatic N) is 1. The van der Waals surface area contributed by atoms with Crippen molar-refractivity contribution in [2.75, 3.05) is 5.32 Å². The van der Waals surface area contributed by atoms with Gasteiger partial charge in [-0.3, -0.25) is 4.79 Å². The zero-order chi connectivity index (χ0) is 19.7. The lowest BCUT2D eigenvalue weighted by Crippen LogP contribution is -2.25. The lowest BCUT2D eigenvalue weighted by molar-refractivity contribution is -0.286. The Morgan fingerprint density at radius 3 is 2.61 bits per heavy atom.